The maximum Gasteiger partial charge on any atom is 0.326 e. The zero-order valence-electron chi connectivity index (χ0n) is 18.4. The number of nitrogens with two attached hydrogens (primary N) is 1. The number of amides is 3. The Morgan fingerprint density at radius 2 is 1.71 bits per heavy atom. The van der Waals surface area contributed by atoms with E-state index >= 15 is 0 Å². The Morgan fingerprint density at radius 1 is 1.06 bits per heavy atom. The predicted molar refractivity (Wildman–Crippen MR) is 121 cm³/mol. The molecular formula is C20H37N5O5S. The van der Waals surface area contributed by atoms with Gasteiger partial charge in [-0.2, -0.15) is 12.6 Å². The van der Waals surface area contributed by atoms with E-state index in [-0.39, 0.29) is 30.0 Å². The van der Waals surface area contributed by atoms with Gasteiger partial charge in [0.25, 0.3) is 0 Å². The van der Waals surface area contributed by atoms with Crippen LogP contribution in [0, 0.1) is 5.92 Å². The highest BCUT2D eigenvalue weighted by Crippen LogP contribution is 2.09. The Labute approximate surface area is 189 Å². The SMILES string of the molecule is CC(C)CC(NC(=O)C(CS)NC(=O)C1CCCN1)C(=O)NC(CCCCN)C(=O)O. The molecule has 178 valence electrons. The van der Waals surface area contributed by atoms with Gasteiger partial charge in [-0.3, -0.25) is 14.4 Å². The summed E-state index contributed by atoms with van der Waals surface area (Å²) in [6.07, 6.45) is 3.39. The summed E-state index contributed by atoms with van der Waals surface area (Å²) in [6, 6.07) is -3.22. The van der Waals surface area contributed by atoms with Crippen LogP contribution in [0.5, 0.6) is 0 Å². The van der Waals surface area contributed by atoms with Gasteiger partial charge in [-0.1, -0.05) is 13.8 Å². The Balaban J connectivity index is 2.76. The molecule has 4 unspecified atom stereocenters. The summed E-state index contributed by atoms with van der Waals surface area (Å²) >= 11 is 4.16. The van der Waals surface area contributed by atoms with Crippen molar-refractivity contribution < 1.29 is 24.3 Å². The van der Waals surface area contributed by atoms with E-state index in [1.807, 2.05) is 13.8 Å². The molecule has 1 aliphatic rings. The molecule has 1 rings (SSSR count). The molecule has 31 heavy (non-hydrogen) atoms. The smallest absolute Gasteiger partial charge is 0.326 e. The fourth-order valence-corrected chi connectivity index (χ4v) is 3.63. The summed E-state index contributed by atoms with van der Waals surface area (Å²) in [5, 5.41) is 20.3. The Bertz CT molecular complexity index is 613. The van der Waals surface area contributed by atoms with Gasteiger partial charge in [0.15, 0.2) is 0 Å². The molecule has 0 aromatic rings. The van der Waals surface area contributed by atoms with E-state index in [1.54, 1.807) is 0 Å². The van der Waals surface area contributed by atoms with Gasteiger partial charge in [-0.05, 0) is 57.5 Å². The van der Waals surface area contributed by atoms with Gasteiger partial charge < -0.3 is 32.1 Å². The van der Waals surface area contributed by atoms with Gasteiger partial charge in [0.2, 0.25) is 17.7 Å². The van der Waals surface area contributed by atoms with E-state index in [0.29, 0.717) is 32.2 Å². The molecule has 0 saturated carbocycles. The second kappa shape index (κ2) is 14.3. The molecule has 10 nitrogen and oxygen atoms in total. The number of carbonyl (C=O) groups excluding carboxylic acids is 3. The number of thiol groups is 1. The van der Waals surface area contributed by atoms with Crippen LogP contribution in [-0.4, -0.2) is 71.8 Å². The van der Waals surface area contributed by atoms with Crippen LogP contribution in [0.3, 0.4) is 0 Å². The normalized spacial score (nSPS) is 18.8. The molecular weight excluding hydrogens is 422 g/mol. The predicted octanol–water partition coefficient (Wildman–Crippen LogP) is -0.618. The third-order valence-electron chi connectivity index (χ3n) is 5.09. The Kier molecular flexibility index (Phi) is 12.5. The van der Waals surface area contributed by atoms with E-state index in [0.717, 1.165) is 13.0 Å². The molecule has 1 fully saturated rings. The summed E-state index contributed by atoms with van der Waals surface area (Å²) in [6.45, 7) is 4.99. The average Bonchev–Trinajstić information content (AvgIpc) is 3.25. The first-order valence-electron chi connectivity index (χ1n) is 10.9. The van der Waals surface area contributed by atoms with Crippen molar-refractivity contribution in [1.29, 1.82) is 0 Å². The zero-order valence-corrected chi connectivity index (χ0v) is 19.2. The van der Waals surface area contributed by atoms with Crippen molar-refractivity contribution in [2.45, 2.75) is 76.5 Å². The molecule has 11 heteroatoms. The molecule has 7 N–H and O–H groups in total. The van der Waals surface area contributed by atoms with Crippen LogP contribution in [0.25, 0.3) is 0 Å². The molecule has 1 aliphatic heterocycles. The number of carboxylic acid groups (broad SMARTS) is 1. The van der Waals surface area contributed by atoms with Crippen LogP contribution in [0.15, 0.2) is 0 Å². The van der Waals surface area contributed by atoms with Crippen LogP contribution in [0.1, 0.15) is 52.4 Å². The minimum absolute atomic E-state index is 0.0666. The number of nitrogens with one attached hydrogen (secondary N) is 4. The lowest BCUT2D eigenvalue weighted by Gasteiger charge is -2.25. The van der Waals surface area contributed by atoms with Crippen molar-refractivity contribution in [2.24, 2.45) is 11.7 Å². The van der Waals surface area contributed by atoms with Crippen molar-refractivity contribution in [3.05, 3.63) is 0 Å². The molecule has 4 atom stereocenters. The van der Waals surface area contributed by atoms with E-state index in [9.17, 15) is 24.3 Å². The standard InChI is InChI=1S/C20H37N5O5S/c1-12(2)10-15(18(27)23-14(20(29)30)6-3-4-8-21)24-19(28)16(11-31)25-17(26)13-7-5-9-22-13/h12-16,22,31H,3-11,21H2,1-2H3,(H,23,27)(H,24,28)(H,25,26)(H,29,30). The van der Waals surface area contributed by atoms with Gasteiger partial charge in [0.1, 0.15) is 18.1 Å². The van der Waals surface area contributed by atoms with Gasteiger partial charge in [0.05, 0.1) is 6.04 Å². The first-order valence-corrected chi connectivity index (χ1v) is 11.5. The number of carbonyl (C=O) groups is 4. The largest absolute Gasteiger partial charge is 0.480 e. The first-order chi connectivity index (χ1) is 14.7. The molecule has 1 heterocycles. The lowest BCUT2D eigenvalue weighted by molar-refractivity contribution is -0.142. The minimum atomic E-state index is -1.13. The second-order valence-corrected chi connectivity index (χ2v) is 8.63. The monoisotopic (exact) mass is 459 g/mol. The van der Waals surface area contributed by atoms with Crippen molar-refractivity contribution in [2.75, 3.05) is 18.8 Å². The molecule has 0 aliphatic carbocycles. The summed E-state index contributed by atoms with van der Waals surface area (Å²) in [5.41, 5.74) is 5.44. The van der Waals surface area contributed by atoms with Crippen molar-refractivity contribution >= 4 is 36.3 Å². The van der Waals surface area contributed by atoms with Crippen LogP contribution >= 0.6 is 12.6 Å². The number of hydrogen-bond acceptors (Lipinski definition) is 7. The van der Waals surface area contributed by atoms with E-state index in [2.05, 4.69) is 33.9 Å². The zero-order chi connectivity index (χ0) is 23.4. The second-order valence-electron chi connectivity index (χ2n) is 8.27. The summed E-state index contributed by atoms with van der Waals surface area (Å²) in [7, 11) is 0. The van der Waals surface area contributed by atoms with E-state index < -0.39 is 35.9 Å². The quantitative estimate of drug-likeness (QED) is 0.134. The minimum Gasteiger partial charge on any atom is -0.480 e. The molecule has 0 bridgehead atoms. The van der Waals surface area contributed by atoms with Crippen LogP contribution in [-0.2, 0) is 19.2 Å². The molecule has 0 aromatic heterocycles. The third kappa shape index (κ3) is 9.88. The Hall–Kier alpha value is -1.85. The number of aliphatic carboxylic acids is 1. The van der Waals surface area contributed by atoms with Gasteiger partial charge >= 0.3 is 5.97 Å². The Morgan fingerprint density at radius 3 is 2.23 bits per heavy atom. The first kappa shape index (κ1) is 27.2. The highest BCUT2D eigenvalue weighted by molar-refractivity contribution is 7.80. The number of rotatable bonds is 14. The number of unbranched alkanes of at least 4 members (excludes halogenated alkanes) is 1. The van der Waals surface area contributed by atoms with Crippen LogP contribution in [0.2, 0.25) is 0 Å². The fraction of sp³-hybridized carbons (Fsp3) is 0.800. The highest BCUT2D eigenvalue weighted by Gasteiger charge is 2.31. The lowest BCUT2D eigenvalue weighted by atomic mass is 10.0. The third-order valence-corrected chi connectivity index (χ3v) is 5.46. The topological polar surface area (TPSA) is 163 Å². The summed E-state index contributed by atoms with van der Waals surface area (Å²) in [5.74, 6) is -2.37. The maximum atomic E-state index is 12.8. The van der Waals surface area contributed by atoms with Gasteiger partial charge in [-0.15, -0.1) is 0 Å². The van der Waals surface area contributed by atoms with Gasteiger partial charge in [-0.25, -0.2) is 4.79 Å². The summed E-state index contributed by atoms with van der Waals surface area (Å²) in [4.78, 5) is 49.3. The van der Waals surface area contributed by atoms with Crippen molar-refractivity contribution in [1.82, 2.24) is 21.3 Å². The average molecular weight is 460 g/mol. The van der Waals surface area contributed by atoms with Crippen LogP contribution in [0.4, 0.5) is 0 Å². The fourth-order valence-electron chi connectivity index (χ4n) is 3.37. The van der Waals surface area contributed by atoms with E-state index in [4.69, 9.17) is 5.73 Å². The number of carboxylic acids is 1. The molecule has 0 spiro atoms. The van der Waals surface area contributed by atoms with Crippen molar-refractivity contribution in [3.63, 3.8) is 0 Å². The number of hydrogen-bond donors (Lipinski definition) is 7. The lowest BCUT2D eigenvalue weighted by Crippen LogP contribution is -2.57. The van der Waals surface area contributed by atoms with Crippen LogP contribution < -0.4 is 27.0 Å². The highest BCUT2D eigenvalue weighted by atomic mass is 32.1. The summed E-state index contributed by atoms with van der Waals surface area (Å²) < 4.78 is 0. The van der Waals surface area contributed by atoms with E-state index in [1.165, 1.54) is 0 Å². The molecule has 1 saturated heterocycles. The maximum absolute atomic E-state index is 12.8. The van der Waals surface area contributed by atoms with Gasteiger partial charge in [0, 0.05) is 5.75 Å². The molecule has 3 amide bonds. The molecule has 0 radical (unpaired) electrons. The molecule has 0 aromatic carbocycles. The van der Waals surface area contributed by atoms with Crippen molar-refractivity contribution in [3.8, 4) is 0 Å².